The van der Waals surface area contributed by atoms with Crippen LogP contribution >= 0.6 is 0 Å². The SMILES string of the molecule is CC1C#Cc2cc(N)ncc2COC(CC(O)CCc2ccc(O)c(OC3CCCCC3)c2)CCC1CCCO. The molecule has 7 nitrogen and oxygen atoms in total. The summed E-state index contributed by atoms with van der Waals surface area (Å²) >= 11 is 0. The third-order valence-corrected chi connectivity index (χ3v) is 8.39. The van der Waals surface area contributed by atoms with E-state index in [9.17, 15) is 15.3 Å². The number of aliphatic hydroxyl groups is 2. The van der Waals surface area contributed by atoms with E-state index in [0.717, 1.165) is 55.2 Å². The van der Waals surface area contributed by atoms with Crippen LogP contribution < -0.4 is 10.5 Å². The molecule has 0 saturated heterocycles. The predicted molar refractivity (Wildman–Crippen MR) is 157 cm³/mol. The van der Waals surface area contributed by atoms with E-state index < -0.39 is 6.10 Å². The number of aryl methyl sites for hydroxylation is 1. The van der Waals surface area contributed by atoms with E-state index in [2.05, 4.69) is 23.7 Å². The Labute approximate surface area is 239 Å². The number of anilines is 1. The van der Waals surface area contributed by atoms with Crippen molar-refractivity contribution in [3.05, 3.63) is 47.2 Å². The molecule has 0 spiro atoms. The number of phenolic OH excluding ortho intramolecular Hbond substituents is 1. The highest BCUT2D eigenvalue weighted by atomic mass is 16.5. The number of nitrogens with two attached hydrogens (primary N) is 1. The van der Waals surface area contributed by atoms with E-state index in [1.807, 2.05) is 12.1 Å². The first kappa shape index (κ1) is 30.2. The summed E-state index contributed by atoms with van der Waals surface area (Å²) in [5, 5.41) is 30.8. The van der Waals surface area contributed by atoms with E-state index >= 15 is 0 Å². The van der Waals surface area contributed by atoms with Gasteiger partial charge in [0, 0.05) is 29.8 Å². The number of hydrogen-bond acceptors (Lipinski definition) is 7. The number of aromatic hydroxyl groups is 1. The molecule has 1 fully saturated rings. The molecule has 1 aliphatic heterocycles. The first-order valence-electron chi connectivity index (χ1n) is 15.1. The van der Waals surface area contributed by atoms with Gasteiger partial charge in [-0.15, -0.1) is 0 Å². The third-order valence-electron chi connectivity index (χ3n) is 8.39. The van der Waals surface area contributed by atoms with Crippen LogP contribution in [0.25, 0.3) is 0 Å². The second-order valence-electron chi connectivity index (χ2n) is 11.6. The van der Waals surface area contributed by atoms with Crippen LogP contribution in [-0.2, 0) is 17.8 Å². The summed E-state index contributed by atoms with van der Waals surface area (Å²) in [6.45, 7) is 2.68. The largest absolute Gasteiger partial charge is 0.504 e. The van der Waals surface area contributed by atoms with Crippen LogP contribution in [0.3, 0.4) is 0 Å². The van der Waals surface area contributed by atoms with Gasteiger partial charge in [-0.3, -0.25) is 0 Å². The Bertz CT molecular complexity index is 1140. The Balaban J connectivity index is 1.38. The molecule has 0 bridgehead atoms. The number of aliphatic hydroxyl groups excluding tert-OH is 2. The highest BCUT2D eigenvalue weighted by molar-refractivity contribution is 5.47. The number of aromatic nitrogens is 1. The number of benzene rings is 1. The maximum atomic E-state index is 11.0. The summed E-state index contributed by atoms with van der Waals surface area (Å²) in [5.41, 5.74) is 8.71. The first-order chi connectivity index (χ1) is 19.4. The Hall–Kier alpha value is -2.79. The van der Waals surface area contributed by atoms with Gasteiger partial charge in [0.25, 0.3) is 0 Å². The summed E-state index contributed by atoms with van der Waals surface area (Å²) in [5.74, 6) is 8.35. The fourth-order valence-electron chi connectivity index (χ4n) is 5.84. The lowest BCUT2D eigenvalue weighted by Crippen LogP contribution is -2.23. The van der Waals surface area contributed by atoms with Crippen LogP contribution in [0.15, 0.2) is 30.5 Å². The summed E-state index contributed by atoms with van der Waals surface area (Å²) in [6.07, 6.45) is 12.1. The average molecular weight is 551 g/mol. The van der Waals surface area contributed by atoms with Crippen molar-refractivity contribution in [2.45, 2.75) is 109 Å². The molecule has 1 aromatic carbocycles. The standard InChI is InChI=1S/C33H46N2O5/c1-23-9-12-26-19-33(34)35-21-27(26)22-39-30(15-13-25(23)6-5-17-36)20-28(37)14-10-24-11-16-31(38)32(18-24)40-29-7-3-2-4-8-29/h11,16,18-19,21,23,25,28-30,36-38H,2-8,10,13-15,17,20,22H2,1H3,(H2,34,35). The van der Waals surface area contributed by atoms with Gasteiger partial charge in [-0.05, 0) is 100 Å². The topological polar surface area (TPSA) is 118 Å². The molecule has 1 saturated carbocycles. The van der Waals surface area contributed by atoms with E-state index in [1.165, 1.54) is 19.3 Å². The normalized spacial score (nSPS) is 22.8. The van der Waals surface area contributed by atoms with Crippen LogP contribution in [0.2, 0.25) is 0 Å². The molecular formula is C33H46N2O5. The zero-order chi connectivity index (χ0) is 28.3. The van der Waals surface area contributed by atoms with Gasteiger partial charge in [0.05, 0.1) is 24.9 Å². The van der Waals surface area contributed by atoms with Gasteiger partial charge in [0.1, 0.15) is 5.82 Å². The number of pyridine rings is 1. The molecule has 1 aromatic heterocycles. The minimum Gasteiger partial charge on any atom is -0.504 e. The zero-order valence-corrected chi connectivity index (χ0v) is 23.9. The fraction of sp³-hybridized carbons (Fsp3) is 0.606. The van der Waals surface area contributed by atoms with Crippen molar-refractivity contribution in [1.29, 1.82) is 0 Å². The van der Waals surface area contributed by atoms with Crippen molar-refractivity contribution < 1.29 is 24.8 Å². The number of fused-ring (bicyclic) bond motifs is 1. The van der Waals surface area contributed by atoms with Crippen LogP contribution in [-0.4, -0.2) is 45.2 Å². The number of nitrogens with zero attached hydrogens (tertiary/aromatic N) is 1. The van der Waals surface area contributed by atoms with E-state index in [0.29, 0.717) is 43.4 Å². The molecule has 2 aliphatic rings. The maximum Gasteiger partial charge on any atom is 0.161 e. The molecule has 4 rings (SSSR count). The molecule has 5 N–H and O–H groups in total. The van der Waals surface area contributed by atoms with Crippen LogP contribution in [0.5, 0.6) is 11.5 Å². The highest BCUT2D eigenvalue weighted by Crippen LogP contribution is 2.32. The van der Waals surface area contributed by atoms with E-state index in [4.69, 9.17) is 15.2 Å². The Morgan fingerprint density at radius 3 is 2.77 bits per heavy atom. The number of rotatable bonds is 10. The van der Waals surface area contributed by atoms with Crippen molar-refractivity contribution in [1.82, 2.24) is 4.98 Å². The second-order valence-corrected chi connectivity index (χ2v) is 11.6. The fourth-order valence-corrected chi connectivity index (χ4v) is 5.84. The molecule has 1 aliphatic carbocycles. The zero-order valence-electron chi connectivity index (χ0n) is 23.9. The molecule has 4 unspecified atom stereocenters. The van der Waals surface area contributed by atoms with Crippen molar-refractivity contribution in [2.24, 2.45) is 11.8 Å². The van der Waals surface area contributed by atoms with Crippen molar-refractivity contribution in [3.8, 4) is 23.3 Å². The van der Waals surface area contributed by atoms with Crippen molar-refractivity contribution in [3.63, 3.8) is 0 Å². The summed E-state index contributed by atoms with van der Waals surface area (Å²) in [7, 11) is 0. The summed E-state index contributed by atoms with van der Waals surface area (Å²) < 4.78 is 12.5. The lowest BCUT2D eigenvalue weighted by molar-refractivity contribution is -0.00631. The molecule has 2 heterocycles. The Morgan fingerprint density at radius 2 is 1.98 bits per heavy atom. The van der Waals surface area contributed by atoms with Crippen LogP contribution in [0.4, 0.5) is 5.82 Å². The lowest BCUT2D eigenvalue weighted by atomic mass is 9.84. The summed E-state index contributed by atoms with van der Waals surface area (Å²) in [6, 6.07) is 7.32. The van der Waals surface area contributed by atoms with Crippen LogP contribution in [0, 0.1) is 23.7 Å². The second kappa shape index (κ2) is 15.3. The van der Waals surface area contributed by atoms with Gasteiger partial charge in [-0.1, -0.05) is 31.3 Å². The van der Waals surface area contributed by atoms with Crippen molar-refractivity contribution >= 4 is 5.82 Å². The van der Waals surface area contributed by atoms with Gasteiger partial charge in [0.2, 0.25) is 0 Å². The molecule has 2 aromatic rings. The quantitative estimate of drug-likeness (QED) is 0.288. The molecular weight excluding hydrogens is 504 g/mol. The highest BCUT2D eigenvalue weighted by Gasteiger charge is 2.23. The average Bonchev–Trinajstić information content (AvgIpc) is 2.98. The van der Waals surface area contributed by atoms with Gasteiger partial charge < -0.3 is 30.5 Å². The maximum absolute atomic E-state index is 11.0. The van der Waals surface area contributed by atoms with E-state index in [-0.39, 0.29) is 30.5 Å². The number of phenols is 1. The Morgan fingerprint density at radius 1 is 1.15 bits per heavy atom. The minimum atomic E-state index is -0.528. The summed E-state index contributed by atoms with van der Waals surface area (Å²) in [4.78, 5) is 4.24. The molecule has 218 valence electrons. The number of ether oxygens (including phenoxy) is 2. The van der Waals surface area contributed by atoms with Gasteiger partial charge in [0.15, 0.2) is 11.5 Å². The minimum absolute atomic E-state index is 0.118. The molecule has 0 amide bonds. The van der Waals surface area contributed by atoms with E-state index in [1.54, 1.807) is 18.3 Å². The predicted octanol–water partition coefficient (Wildman–Crippen LogP) is 5.52. The first-order valence-corrected chi connectivity index (χ1v) is 15.1. The smallest absolute Gasteiger partial charge is 0.161 e. The van der Waals surface area contributed by atoms with Crippen LogP contribution in [0.1, 0.15) is 94.2 Å². The van der Waals surface area contributed by atoms with Gasteiger partial charge >= 0.3 is 0 Å². The third kappa shape index (κ3) is 9.12. The van der Waals surface area contributed by atoms with Gasteiger partial charge in [-0.25, -0.2) is 4.98 Å². The molecule has 0 radical (unpaired) electrons. The monoisotopic (exact) mass is 550 g/mol. The number of hydrogen-bond donors (Lipinski definition) is 4. The van der Waals surface area contributed by atoms with Crippen molar-refractivity contribution in [2.75, 3.05) is 12.3 Å². The Kier molecular flexibility index (Phi) is 11.5. The van der Waals surface area contributed by atoms with Gasteiger partial charge in [-0.2, -0.15) is 0 Å². The molecule has 4 atom stereocenters. The number of nitrogen functional groups attached to an aromatic ring is 1. The molecule has 40 heavy (non-hydrogen) atoms. The lowest BCUT2D eigenvalue weighted by Gasteiger charge is -2.25. The molecule has 7 heteroatoms.